The lowest BCUT2D eigenvalue weighted by atomic mass is 9.98. The Labute approximate surface area is 191 Å². The van der Waals surface area contributed by atoms with Gasteiger partial charge in [0.25, 0.3) is 0 Å². The lowest BCUT2D eigenvalue weighted by Gasteiger charge is -2.10. The second kappa shape index (κ2) is 9.56. The molecule has 0 radical (unpaired) electrons. The van der Waals surface area contributed by atoms with E-state index in [1.165, 1.54) is 6.92 Å². The van der Waals surface area contributed by atoms with Gasteiger partial charge in [0.05, 0.1) is 0 Å². The summed E-state index contributed by atoms with van der Waals surface area (Å²) in [6.45, 7) is 6.21. The van der Waals surface area contributed by atoms with Crippen LogP contribution in [0, 0.1) is 5.92 Å². The minimum absolute atomic E-state index is 0.324. The van der Waals surface area contributed by atoms with Crippen molar-refractivity contribution in [1.82, 2.24) is 35.4 Å². The number of nitrogens with zero attached hydrogens (tertiary/aromatic N) is 6. The fourth-order valence-corrected chi connectivity index (χ4v) is 3.58. The van der Waals surface area contributed by atoms with Crippen LogP contribution in [0.25, 0.3) is 22.5 Å². The van der Waals surface area contributed by atoms with Gasteiger partial charge < -0.3 is 0 Å². The number of H-pyrrole nitrogens is 1. The Balaban J connectivity index is 1.60. The number of rotatable bonds is 9. The molecule has 2 aromatic heterocycles. The quantitative estimate of drug-likeness (QED) is 0.375. The minimum Gasteiger partial charge on any atom is -0.249 e. The van der Waals surface area contributed by atoms with Crippen LogP contribution in [-0.4, -0.2) is 35.4 Å². The number of hydrogen-bond acceptors (Lipinski definition) is 5. The molecule has 1 N–H and O–H groups in total. The summed E-state index contributed by atoms with van der Waals surface area (Å²) in [6.07, 6.45) is 0.952. The largest absolute Gasteiger partial charge is 0.308 e. The molecule has 0 bridgehead atoms. The first-order chi connectivity index (χ1) is 15.9. The van der Waals surface area contributed by atoms with Crippen LogP contribution < -0.4 is 0 Å². The second-order valence-corrected chi connectivity index (χ2v) is 8.48. The van der Waals surface area contributed by atoms with Crippen LogP contribution in [0.3, 0.4) is 0 Å². The maximum atomic E-state index is 14.3. The Bertz CT molecular complexity index is 1180. The van der Waals surface area contributed by atoms with E-state index in [0.717, 1.165) is 28.7 Å². The van der Waals surface area contributed by atoms with Gasteiger partial charge >= 0.3 is 5.92 Å². The molecule has 0 saturated carbocycles. The van der Waals surface area contributed by atoms with Gasteiger partial charge in [-0.05, 0) is 39.5 Å². The van der Waals surface area contributed by atoms with Crippen LogP contribution in [0.15, 0.2) is 48.5 Å². The van der Waals surface area contributed by atoms with Crippen molar-refractivity contribution in [3.63, 3.8) is 0 Å². The van der Waals surface area contributed by atoms with Crippen LogP contribution in [0.1, 0.15) is 50.8 Å². The van der Waals surface area contributed by atoms with Crippen LogP contribution in [0.2, 0.25) is 0 Å². The number of tetrazole rings is 1. The molecule has 9 heteroatoms. The van der Waals surface area contributed by atoms with Gasteiger partial charge in [0.15, 0.2) is 5.82 Å². The Kier molecular flexibility index (Phi) is 6.57. The Morgan fingerprint density at radius 2 is 1.76 bits per heavy atom. The molecule has 0 aliphatic rings. The number of aryl methyl sites for hydroxylation is 1. The predicted octanol–water partition coefficient (Wildman–Crippen LogP) is 5.26. The lowest BCUT2D eigenvalue weighted by Crippen LogP contribution is -2.14. The van der Waals surface area contributed by atoms with Crippen molar-refractivity contribution in [2.45, 2.75) is 52.5 Å². The SMILES string of the molecule is CCC(F)(F)c1nc(Cc2ccc(-c3ccccc3-c3nnn[nH]3)cc2)n(CCC(C)C)n1. The molecule has 0 atom stereocenters. The topological polar surface area (TPSA) is 85.2 Å². The molecule has 0 saturated heterocycles. The summed E-state index contributed by atoms with van der Waals surface area (Å²) in [5.41, 5.74) is 3.87. The smallest absolute Gasteiger partial charge is 0.249 e. The average molecular weight is 452 g/mol. The Hall–Kier alpha value is -3.49. The summed E-state index contributed by atoms with van der Waals surface area (Å²) in [6, 6.07) is 15.9. The van der Waals surface area contributed by atoms with Gasteiger partial charge in [0.2, 0.25) is 5.82 Å². The number of halogens is 2. The van der Waals surface area contributed by atoms with Crippen molar-refractivity contribution in [3.8, 4) is 22.5 Å². The highest BCUT2D eigenvalue weighted by Crippen LogP contribution is 2.31. The average Bonchev–Trinajstić information content (AvgIpc) is 3.49. The summed E-state index contributed by atoms with van der Waals surface area (Å²) < 4.78 is 30.2. The van der Waals surface area contributed by atoms with E-state index in [-0.39, 0.29) is 6.42 Å². The zero-order chi connectivity index (χ0) is 23.4. The first-order valence-corrected chi connectivity index (χ1v) is 11.1. The van der Waals surface area contributed by atoms with E-state index in [4.69, 9.17) is 0 Å². The van der Waals surface area contributed by atoms with Crippen molar-refractivity contribution in [3.05, 3.63) is 65.7 Å². The van der Waals surface area contributed by atoms with Gasteiger partial charge in [-0.2, -0.15) is 8.78 Å². The number of benzene rings is 2. The van der Waals surface area contributed by atoms with E-state index in [0.29, 0.717) is 30.5 Å². The molecule has 0 aliphatic heterocycles. The summed E-state index contributed by atoms with van der Waals surface area (Å²) in [5, 5.41) is 18.3. The van der Waals surface area contributed by atoms with Crippen LogP contribution >= 0.6 is 0 Å². The van der Waals surface area contributed by atoms with Gasteiger partial charge in [0.1, 0.15) is 5.82 Å². The molecular formula is C24H27F2N7. The highest BCUT2D eigenvalue weighted by atomic mass is 19.3. The summed E-state index contributed by atoms with van der Waals surface area (Å²) >= 11 is 0. The van der Waals surface area contributed by atoms with Crippen LogP contribution in [0.5, 0.6) is 0 Å². The van der Waals surface area contributed by atoms with E-state index in [2.05, 4.69) is 44.6 Å². The highest BCUT2D eigenvalue weighted by Gasteiger charge is 2.35. The van der Waals surface area contributed by atoms with Gasteiger partial charge in [-0.1, -0.05) is 69.3 Å². The van der Waals surface area contributed by atoms with Crippen molar-refractivity contribution in [2.75, 3.05) is 0 Å². The molecule has 172 valence electrons. The summed E-state index contributed by atoms with van der Waals surface area (Å²) in [7, 11) is 0. The van der Waals surface area contributed by atoms with Gasteiger partial charge in [-0.15, -0.1) is 10.2 Å². The number of aromatic amines is 1. The van der Waals surface area contributed by atoms with Crippen molar-refractivity contribution < 1.29 is 8.78 Å². The maximum absolute atomic E-state index is 14.3. The number of aromatic nitrogens is 7. The first-order valence-electron chi connectivity index (χ1n) is 11.1. The Morgan fingerprint density at radius 1 is 1.03 bits per heavy atom. The normalized spacial score (nSPS) is 11.9. The zero-order valence-electron chi connectivity index (χ0n) is 19.0. The molecule has 0 amide bonds. The zero-order valence-corrected chi connectivity index (χ0v) is 19.0. The van der Waals surface area contributed by atoms with Gasteiger partial charge in [-0.3, -0.25) is 0 Å². The minimum atomic E-state index is -3.03. The monoisotopic (exact) mass is 451 g/mol. The predicted molar refractivity (Wildman–Crippen MR) is 122 cm³/mol. The van der Waals surface area contributed by atoms with E-state index in [1.54, 1.807) is 4.68 Å². The molecule has 0 spiro atoms. The van der Waals surface area contributed by atoms with Gasteiger partial charge in [0, 0.05) is 24.9 Å². The van der Waals surface area contributed by atoms with Crippen LogP contribution in [-0.2, 0) is 18.9 Å². The molecule has 2 aromatic carbocycles. The standard InChI is InChI=1S/C24H27F2N7/c1-4-24(25,26)23-27-21(33(30-23)14-13-16(2)3)15-17-9-11-18(12-10-17)19-7-5-6-8-20(19)22-28-31-32-29-22/h5-12,16H,4,13-15H2,1-3H3,(H,28,29,31,32). The van der Waals surface area contributed by atoms with E-state index >= 15 is 0 Å². The van der Waals surface area contributed by atoms with Crippen molar-refractivity contribution in [2.24, 2.45) is 5.92 Å². The highest BCUT2D eigenvalue weighted by molar-refractivity contribution is 5.80. The molecule has 4 aromatic rings. The van der Waals surface area contributed by atoms with E-state index in [9.17, 15) is 8.78 Å². The molecule has 0 unspecified atom stereocenters. The molecule has 2 heterocycles. The summed E-state index contributed by atoms with van der Waals surface area (Å²) in [5.74, 6) is -1.83. The number of nitrogens with one attached hydrogen (secondary N) is 1. The van der Waals surface area contributed by atoms with Crippen molar-refractivity contribution in [1.29, 1.82) is 0 Å². The molecule has 0 aliphatic carbocycles. The molecule has 0 fully saturated rings. The molecule has 7 nitrogen and oxygen atoms in total. The molecule has 4 rings (SSSR count). The fourth-order valence-electron chi connectivity index (χ4n) is 3.58. The third kappa shape index (κ3) is 5.13. The molecular weight excluding hydrogens is 424 g/mol. The number of hydrogen-bond donors (Lipinski definition) is 1. The molecule has 33 heavy (non-hydrogen) atoms. The number of alkyl halides is 2. The van der Waals surface area contributed by atoms with Gasteiger partial charge in [-0.25, -0.2) is 14.8 Å². The Morgan fingerprint density at radius 3 is 2.39 bits per heavy atom. The lowest BCUT2D eigenvalue weighted by molar-refractivity contribution is -0.0177. The fraction of sp³-hybridized carbons (Fsp3) is 0.375. The summed E-state index contributed by atoms with van der Waals surface area (Å²) in [4.78, 5) is 4.23. The van der Waals surface area contributed by atoms with E-state index in [1.807, 2.05) is 48.5 Å². The van der Waals surface area contributed by atoms with Crippen molar-refractivity contribution >= 4 is 0 Å². The van der Waals surface area contributed by atoms with Crippen LogP contribution in [0.4, 0.5) is 8.78 Å². The second-order valence-electron chi connectivity index (χ2n) is 8.48. The first kappa shape index (κ1) is 22.7. The third-order valence-corrected chi connectivity index (χ3v) is 5.59. The maximum Gasteiger partial charge on any atom is 0.308 e. The van der Waals surface area contributed by atoms with E-state index < -0.39 is 11.7 Å². The third-order valence-electron chi connectivity index (χ3n) is 5.59.